The van der Waals surface area contributed by atoms with E-state index in [4.69, 9.17) is 4.52 Å². The van der Waals surface area contributed by atoms with Crippen LogP contribution in [0.5, 0.6) is 0 Å². The van der Waals surface area contributed by atoms with E-state index in [-0.39, 0.29) is 6.10 Å². The summed E-state index contributed by atoms with van der Waals surface area (Å²) in [6, 6.07) is 1.11. The summed E-state index contributed by atoms with van der Waals surface area (Å²) in [5.41, 5.74) is 2.24. The highest BCUT2D eigenvalue weighted by Gasteiger charge is 2.40. The fourth-order valence-electron chi connectivity index (χ4n) is 3.41. The number of aliphatic hydroxyl groups excluding tert-OH is 1. The Morgan fingerprint density at radius 1 is 1.29 bits per heavy atom. The second-order valence-electron chi connectivity index (χ2n) is 5.49. The molecule has 0 aromatic carbocycles. The van der Waals surface area contributed by atoms with Gasteiger partial charge in [0.2, 0.25) is 0 Å². The van der Waals surface area contributed by atoms with Crippen molar-refractivity contribution in [2.75, 3.05) is 0 Å². The standard InChI is InChI=1S/C13H20N2O2/c1-8-13(9(2)17-14-8)7-15-10-3-4-11(15)6-12(16)5-10/h10-12,16H,3-7H2,1-2H3. The molecule has 94 valence electrons. The molecule has 3 heterocycles. The largest absolute Gasteiger partial charge is 0.393 e. The molecule has 1 N–H and O–H groups in total. The first kappa shape index (κ1) is 11.2. The van der Waals surface area contributed by atoms with Gasteiger partial charge in [0.25, 0.3) is 0 Å². The highest BCUT2D eigenvalue weighted by Crippen LogP contribution is 2.37. The molecule has 2 aliphatic rings. The third-order valence-electron chi connectivity index (χ3n) is 4.38. The van der Waals surface area contributed by atoms with Crippen LogP contribution in [-0.2, 0) is 6.54 Å². The van der Waals surface area contributed by atoms with E-state index >= 15 is 0 Å². The Kier molecular flexibility index (Phi) is 2.71. The zero-order valence-corrected chi connectivity index (χ0v) is 10.5. The second kappa shape index (κ2) is 4.10. The van der Waals surface area contributed by atoms with Crippen molar-refractivity contribution in [2.24, 2.45) is 0 Å². The Morgan fingerprint density at radius 2 is 1.94 bits per heavy atom. The molecule has 17 heavy (non-hydrogen) atoms. The number of aromatic nitrogens is 1. The maximum Gasteiger partial charge on any atom is 0.138 e. The van der Waals surface area contributed by atoms with Crippen molar-refractivity contribution in [1.82, 2.24) is 10.1 Å². The van der Waals surface area contributed by atoms with E-state index in [1.807, 2.05) is 13.8 Å². The van der Waals surface area contributed by atoms with Gasteiger partial charge in [0.1, 0.15) is 5.76 Å². The quantitative estimate of drug-likeness (QED) is 0.850. The van der Waals surface area contributed by atoms with Gasteiger partial charge in [-0.1, -0.05) is 5.16 Å². The molecule has 2 bridgehead atoms. The predicted octanol–water partition coefficient (Wildman–Crippen LogP) is 1.78. The first-order chi connectivity index (χ1) is 8.15. The van der Waals surface area contributed by atoms with Crippen molar-refractivity contribution < 1.29 is 9.63 Å². The van der Waals surface area contributed by atoms with E-state index in [0.29, 0.717) is 12.1 Å². The smallest absolute Gasteiger partial charge is 0.138 e. The van der Waals surface area contributed by atoms with Crippen LogP contribution in [0.2, 0.25) is 0 Å². The SMILES string of the molecule is Cc1noc(C)c1CN1C2CCC1CC(O)C2. The number of rotatable bonds is 2. The normalized spacial score (nSPS) is 33.2. The molecule has 1 aromatic heterocycles. The zero-order chi connectivity index (χ0) is 12.0. The van der Waals surface area contributed by atoms with E-state index in [2.05, 4.69) is 10.1 Å². The van der Waals surface area contributed by atoms with Crippen LogP contribution in [0.25, 0.3) is 0 Å². The lowest BCUT2D eigenvalue weighted by molar-refractivity contribution is 0.0307. The minimum Gasteiger partial charge on any atom is -0.393 e. The van der Waals surface area contributed by atoms with Crippen LogP contribution in [0.3, 0.4) is 0 Å². The molecular weight excluding hydrogens is 216 g/mol. The monoisotopic (exact) mass is 236 g/mol. The van der Waals surface area contributed by atoms with Gasteiger partial charge in [0, 0.05) is 24.2 Å². The molecule has 2 aliphatic heterocycles. The minimum absolute atomic E-state index is 0.0894. The van der Waals surface area contributed by atoms with Crippen molar-refractivity contribution in [1.29, 1.82) is 0 Å². The fraction of sp³-hybridized carbons (Fsp3) is 0.769. The summed E-state index contributed by atoms with van der Waals surface area (Å²) in [5, 5.41) is 13.8. The second-order valence-corrected chi connectivity index (χ2v) is 5.49. The molecule has 2 fully saturated rings. The third kappa shape index (κ3) is 1.89. The summed E-state index contributed by atoms with van der Waals surface area (Å²) in [7, 11) is 0. The van der Waals surface area contributed by atoms with Gasteiger partial charge < -0.3 is 9.63 Å². The Bertz CT molecular complexity index is 382. The highest BCUT2D eigenvalue weighted by atomic mass is 16.5. The molecule has 1 aromatic rings. The molecule has 0 saturated carbocycles. The Labute approximate surface area is 102 Å². The van der Waals surface area contributed by atoms with Crippen LogP contribution in [-0.4, -0.2) is 33.4 Å². The molecule has 4 nitrogen and oxygen atoms in total. The topological polar surface area (TPSA) is 49.5 Å². The van der Waals surface area contributed by atoms with Crippen LogP contribution in [0.4, 0.5) is 0 Å². The van der Waals surface area contributed by atoms with Crippen molar-refractivity contribution in [3.8, 4) is 0 Å². The maximum absolute atomic E-state index is 9.79. The lowest BCUT2D eigenvalue weighted by Crippen LogP contribution is -2.44. The van der Waals surface area contributed by atoms with Gasteiger partial charge in [-0.25, -0.2) is 0 Å². The number of hydrogen-bond donors (Lipinski definition) is 1. The molecule has 3 rings (SSSR count). The summed E-state index contributed by atoms with van der Waals surface area (Å²) >= 11 is 0. The average molecular weight is 236 g/mol. The highest BCUT2D eigenvalue weighted by molar-refractivity contribution is 5.21. The maximum atomic E-state index is 9.79. The van der Waals surface area contributed by atoms with E-state index in [0.717, 1.165) is 30.8 Å². The molecular formula is C13H20N2O2. The molecule has 2 unspecified atom stereocenters. The van der Waals surface area contributed by atoms with Crippen molar-refractivity contribution in [3.63, 3.8) is 0 Å². The zero-order valence-electron chi connectivity index (χ0n) is 10.5. The number of fused-ring (bicyclic) bond motifs is 2. The lowest BCUT2D eigenvalue weighted by atomic mass is 9.99. The molecule has 2 saturated heterocycles. The van der Waals surface area contributed by atoms with E-state index in [1.54, 1.807) is 0 Å². The van der Waals surface area contributed by atoms with Crippen molar-refractivity contribution >= 4 is 0 Å². The van der Waals surface area contributed by atoms with Crippen molar-refractivity contribution in [3.05, 3.63) is 17.0 Å². The molecule has 4 heteroatoms. The first-order valence-corrected chi connectivity index (χ1v) is 6.50. The Morgan fingerprint density at radius 3 is 2.47 bits per heavy atom. The number of aliphatic hydroxyl groups is 1. The average Bonchev–Trinajstić information content (AvgIpc) is 2.71. The van der Waals surface area contributed by atoms with Crippen LogP contribution >= 0.6 is 0 Å². The summed E-state index contributed by atoms with van der Waals surface area (Å²) in [6.45, 7) is 4.92. The van der Waals surface area contributed by atoms with Crippen molar-refractivity contribution in [2.45, 2.75) is 64.3 Å². The van der Waals surface area contributed by atoms with Gasteiger partial charge in [0.05, 0.1) is 11.8 Å². The van der Waals surface area contributed by atoms with Crippen LogP contribution in [0, 0.1) is 13.8 Å². The fourth-order valence-corrected chi connectivity index (χ4v) is 3.41. The van der Waals surface area contributed by atoms with Gasteiger partial charge in [-0.2, -0.15) is 0 Å². The first-order valence-electron chi connectivity index (χ1n) is 6.50. The molecule has 0 amide bonds. The van der Waals surface area contributed by atoms with Gasteiger partial charge in [0.15, 0.2) is 0 Å². The van der Waals surface area contributed by atoms with E-state index < -0.39 is 0 Å². The third-order valence-corrected chi connectivity index (χ3v) is 4.38. The van der Waals surface area contributed by atoms with Gasteiger partial charge in [-0.05, 0) is 39.5 Å². The molecule has 2 atom stereocenters. The summed E-state index contributed by atoms with van der Waals surface area (Å²) in [5.74, 6) is 0.938. The molecule has 0 radical (unpaired) electrons. The van der Waals surface area contributed by atoms with E-state index in [1.165, 1.54) is 18.4 Å². The van der Waals surface area contributed by atoms with Crippen LogP contribution in [0.1, 0.15) is 42.7 Å². The summed E-state index contributed by atoms with van der Waals surface area (Å²) in [6.07, 6.45) is 4.23. The predicted molar refractivity (Wildman–Crippen MR) is 63.6 cm³/mol. The molecule has 0 spiro atoms. The minimum atomic E-state index is -0.0894. The van der Waals surface area contributed by atoms with Crippen LogP contribution < -0.4 is 0 Å². The van der Waals surface area contributed by atoms with Crippen LogP contribution in [0.15, 0.2) is 4.52 Å². The Balaban J connectivity index is 1.78. The number of nitrogens with zero attached hydrogens (tertiary/aromatic N) is 2. The Hall–Kier alpha value is -0.870. The number of hydrogen-bond acceptors (Lipinski definition) is 4. The lowest BCUT2D eigenvalue weighted by Gasteiger charge is -2.37. The van der Waals surface area contributed by atoms with Gasteiger partial charge >= 0.3 is 0 Å². The van der Waals surface area contributed by atoms with Gasteiger partial charge in [-0.15, -0.1) is 0 Å². The van der Waals surface area contributed by atoms with E-state index in [9.17, 15) is 5.11 Å². The number of aryl methyl sites for hydroxylation is 2. The molecule has 0 aliphatic carbocycles. The van der Waals surface area contributed by atoms with Gasteiger partial charge in [-0.3, -0.25) is 4.90 Å². The number of piperidine rings is 1. The summed E-state index contributed by atoms with van der Waals surface area (Å²) < 4.78 is 5.22. The summed E-state index contributed by atoms with van der Waals surface area (Å²) in [4.78, 5) is 2.54.